The number of benzene rings is 1. The van der Waals surface area contributed by atoms with Gasteiger partial charge < -0.3 is 0 Å². The predicted molar refractivity (Wildman–Crippen MR) is 56.6 cm³/mol. The maximum atomic E-state index is 2.24. The average Bonchev–Trinajstić information content (AvgIpc) is 2.69. The normalized spacial score (nSPS) is 14.6. The maximum Gasteiger partial charge on any atom is -0.0132 e. The van der Waals surface area contributed by atoms with Crippen molar-refractivity contribution < 1.29 is 0 Å². The van der Waals surface area contributed by atoms with Crippen molar-refractivity contribution in [2.45, 2.75) is 19.3 Å². The van der Waals surface area contributed by atoms with Gasteiger partial charge in [-0.3, -0.25) is 0 Å². The van der Waals surface area contributed by atoms with E-state index in [0.29, 0.717) is 0 Å². The number of aryl methyl sites for hydroxylation is 1. The Balaban J connectivity index is 1.87. The first kappa shape index (κ1) is 8.31. The monoisotopic (exact) mass is 170 g/mol. The molecule has 0 nitrogen and oxygen atoms in total. The van der Waals surface area contributed by atoms with Crippen molar-refractivity contribution in [3.8, 4) is 0 Å². The molecule has 0 atom stereocenters. The number of rotatable bonds is 3. The molecular weight excluding hydrogens is 156 g/mol. The van der Waals surface area contributed by atoms with Crippen molar-refractivity contribution in [3.63, 3.8) is 0 Å². The molecule has 1 aromatic rings. The quantitative estimate of drug-likeness (QED) is 0.651. The zero-order valence-electron chi connectivity index (χ0n) is 7.74. The van der Waals surface area contributed by atoms with Crippen molar-refractivity contribution in [3.05, 3.63) is 59.7 Å². The van der Waals surface area contributed by atoms with Gasteiger partial charge in [0.1, 0.15) is 0 Å². The third-order valence-electron chi connectivity index (χ3n) is 2.43. The third-order valence-corrected chi connectivity index (χ3v) is 2.43. The van der Waals surface area contributed by atoms with Crippen molar-refractivity contribution >= 4 is 0 Å². The van der Waals surface area contributed by atoms with Crippen LogP contribution in [0.4, 0.5) is 0 Å². The van der Waals surface area contributed by atoms with Gasteiger partial charge in [0.25, 0.3) is 0 Å². The second-order valence-electron chi connectivity index (χ2n) is 3.44. The summed E-state index contributed by atoms with van der Waals surface area (Å²) in [7, 11) is 0. The van der Waals surface area contributed by atoms with Crippen molar-refractivity contribution in [1.82, 2.24) is 0 Å². The Morgan fingerprint density at radius 1 is 1.00 bits per heavy atom. The van der Waals surface area contributed by atoms with Crippen molar-refractivity contribution in [2.24, 2.45) is 0 Å². The van der Waals surface area contributed by atoms with Crippen LogP contribution in [0.2, 0.25) is 0 Å². The molecule has 66 valence electrons. The van der Waals surface area contributed by atoms with E-state index < -0.39 is 0 Å². The SMILES string of the molecule is C1=CCC(CCc2ccccc2)=C1. The summed E-state index contributed by atoms with van der Waals surface area (Å²) in [5, 5.41) is 0. The zero-order chi connectivity index (χ0) is 8.93. The minimum absolute atomic E-state index is 1.16. The van der Waals surface area contributed by atoms with Gasteiger partial charge in [0.05, 0.1) is 0 Å². The van der Waals surface area contributed by atoms with E-state index in [1.807, 2.05) is 0 Å². The fourth-order valence-electron chi connectivity index (χ4n) is 1.63. The molecule has 0 heterocycles. The maximum absolute atomic E-state index is 2.24. The lowest BCUT2D eigenvalue weighted by Gasteiger charge is -2.01. The van der Waals surface area contributed by atoms with Crippen molar-refractivity contribution in [2.75, 3.05) is 0 Å². The first-order chi connectivity index (χ1) is 6.45. The molecule has 0 saturated carbocycles. The Morgan fingerprint density at radius 3 is 2.54 bits per heavy atom. The van der Waals surface area contributed by atoms with Gasteiger partial charge in [-0.1, -0.05) is 54.1 Å². The largest absolute Gasteiger partial charge is 0.0805 e. The second kappa shape index (κ2) is 4.08. The molecule has 0 saturated heterocycles. The molecule has 0 spiro atoms. The first-order valence-electron chi connectivity index (χ1n) is 4.83. The van der Waals surface area contributed by atoms with E-state index in [9.17, 15) is 0 Å². The van der Waals surface area contributed by atoms with Gasteiger partial charge in [-0.2, -0.15) is 0 Å². The molecule has 1 aromatic carbocycles. The summed E-state index contributed by atoms with van der Waals surface area (Å²) in [4.78, 5) is 0. The van der Waals surface area contributed by atoms with Crippen molar-refractivity contribution in [1.29, 1.82) is 0 Å². The lowest BCUT2D eigenvalue weighted by Crippen LogP contribution is -1.86. The molecule has 0 fully saturated rings. The van der Waals surface area contributed by atoms with Gasteiger partial charge in [-0.15, -0.1) is 0 Å². The molecule has 1 aliphatic carbocycles. The van der Waals surface area contributed by atoms with Crippen LogP contribution in [-0.2, 0) is 6.42 Å². The molecule has 0 N–H and O–H groups in total. The summed E-state index contributed by atoms with van der Waals surface area (Å²) in [5.74, 6) is 0. The molecule has 13 heavy (non-hydrogen) atoms. The highest BCUT2D eigenvalue weighted by Gasteiger charge is 1.99. The van der Waals surface area contributed by atoms with Crippen LogP contribution in [0.3, 0.4) is 0 Å². The average molecular weight is 170 g/mol. The van der Waals surface area contributed by atoms with Crippen LogP contribution >= 0.6 is 0 Å². The topological polar surface area (TPSA) is 0 Å². The molecule has 0 unspecified atom stereocenters. The highest BCUT2D eigenvalue weighted by Crippen LogP contribution is 2.16. The fourth-order valence-corrected chi connectivity index (χ4v) is 1.63. The van der Waals surface area contributed by atoms with E-state index in [2.05, 4.69) is 48.6 Å². The Hall–Kier alpha value is -1.30. The minimum Gasteiger partial charge on any atom is -0.0805 e. The van der Waals surface area contributed by atoms with Crippen LogP contribution in [0.25, 0.3) is 0 Å². The summed E-state index contributed by atoms with van der Waals surface area (Å²) < 4.78 is 0. The predicted octanol–water partition coefficient (Wildman–Crippen LogP) is 3.51. The number of hydrogen-bond donors (Lipinski definition) is 0. The number of hydrogen-bond acceptors (Lipinski definition) is 0. The summed E-state index contributed by atoms with van der Waals surface area (Å²) >= 11 is 0. The molecule has 0 amide bonds. The van der Waals surface area contributed by atoms with Gasteiger partial charge in [0.15, 0.2) is 0 Å². The first-order valence-corrected chi connectivity index (χ1v) is 4.83. The van der Waals surface area contributed by atoms with Gasteiger partial charge >= 0.3 is 0 Å². The Morgan fingerprint density at radius 2 is 1.85 bits per heavy atom. The highest BCUT2D eigenvalue weighted by molar-refractivity contribution is 5.24. The van der Waals surface area contributed by atoms with Crippen LogP contribution < -0.4 is 0 Å². The molecule has 1 aliphatic rings. The zero-order valence-corrected chi connectivity index (χ0v) is 7.74. The number of allylic oxidation sites excluding steroid dienone is 4. The molecule has 0 aromatic heterocycles. The van der Waals surface area contributed by atoms with E-state index in [1.54, 1.807) is 5.57 Å². The van der Waals surface area contributed by atoms with E-state index >= 15 is 0 Å². The van der Waals surface area contributed by atoms with Crippen LogP contribution in [0.15, 0.2) is 54.1 Å². The molecule has 0 aliphatic heterocycles. The minimum atomic E-state index is 1.16. The third kappa shape index (κ3) is 2.32. The Labute approximate surface area is 79.6 Å². The lowest BCUT2D eigenvalue weighted by atomic mass is 10.0. The molecule has 0 heteroatoms. The summed E-state index contributed by atoms with van der Waals surface area (Å²) in [5.41, 5.74) is 3.00. The molecule has 2 rings (SSSR count). The fraction of sp³-hybridized carbons (Fsp3) is 0.231. The van der Waals surface area contributed by atoms with E-state index in [-0.39, 0.29) is 0 Å². The summed E-state index contributed by atoms with van der Waals surface area (Å²) in [6.45, 7) is 0. The van der Waals surface area contributed by atoms with E-state index in [0.717, 1.165) is 6.42 Å². The molecular formula is C13H14. The van der Waals surface area contributed by atoms with E-state index in [1.165, 1.54) is 18.4 Å². The summed E-state index contributed by atoms with van der Waals surface area (Å²) in [6, 6.07) is 10.7. The van der Waals surface area contributed by atoms with Gasteiger partial charge in [-0.25, -0.2) is 0 Å². The Kier molecular flexibility index (Phi) is 2.61. The van der Waals surface area contributed by atoms with Gasteiger partial charge in [0, 0.05) is 0 Å². The molecule has 0 bridgehead atoms. The van der Waals surface area contributed by atoms with Crippen LogP contribution in [-0.4, -0.2) is 0 Å². The standard InChI is InChI=1S/C13H14/c1-2-6-12(7-3-1)10-11-13-8-4-5-9-13/h1-8H,9-11H2. The van der Waals surface area contributed by atoms with E-state index in [4.69, 9.17) is 0 Å². The lowest BCUT2D eigenvalue weighted by molar-refractivity contribution is 0.919. The molecule has 0 radical (unpaired) electrons. The Bertz CT molecular complexity index is 317. The smallest absolute Gasteiger partial charge is 0.0132 e. The van der Waals surface area contributed by atoms with Crippen LogP contribution in [0, 0.1) is 0 Å². The van der Waals surface area contributed by atoms with Gasteiger partial charge in [0.2, 0.25) is 0 Å². The van der Waals surface area contributed by atoms with Gasteiger partial charge in [-0.05, 0) is 24.8 Å². The summed E-state index contributed by atoms with van der Waals surface area (Å²) in [6.07, 6.45) is 10.2. The second-order valence-corrected chi connectivity index (χ2v) is 3.44. The highest BCUT2D eigenvalue weighted by atomic mass is 14.0. The van der Waals surface area contributed by atoms with Crippen LogP contribution in [0.5, 0.6) is 0 Å². The van der Waals surface area contributed by atoms with Crippen LogP contribution in [0.1, 0.15) is 18.4 Å².